The fourth-order valence-corrected chi connectivity index (χ4v) is 3.08. The van der Waals surface area contributed by atoms with Gasteiger partial charge in [-0.25, -0.2) is 4.98 Å². The third-order valence-corrected chi connectivity index (χ3v) is 4.16. The Balaban J connectivity index is 2.20. The standard InChI is InChI=1S/C20H16N2O/c1-2-18-21-17-13-12-14-8-6-7-11-16(14)19(17)20(23)22(18)15-9-4-3-5-10-15/h3-13H,2H2,1H3. The van der Waals surface area contributed by atoms with Crippen LogP contribution in [-0.2, 0) is 6.42 Å². The fraction of sp³-hybridized carbons (Fsp3) is 0.100. The third-order valence-electron chi connectivity index (χ3n) is 4.16. The first-order valence-electron chi connectivity index (χ1n) is 7.78. The molecule has 0 saturated heterocycles. The Morgan fingerprint density at radius 2 is 1.65 bits per heavy atom. The summed E-state index contributed by atoms with van der Waals surface area (Å²) in [5.41, 5.74) is 1.62. The number of benzene rings is 3. The van der Waals surface area contributed by atoms with Crippen LogP contribution in [0.15, 0.2) is 71.5 Å². The minimum Gasteiger partial charge on any atom is -0.268 e. The number of fused-ring (bicyclic) bond motifs is 3. The molecule has 3 nitrogen and oxygen atoms in total. The first-order chi connectivity index (χ1) is 11.3. The van der Waals surface area contributed by atoms with E-state index in [1.165, 1.54) is 0 Å². The maximum atomic E-state index is 13.2. The van der Waals surface area contributed by atoms with E-state index in [0.29, 0.717) is 11.8 Å². The van der Waals surface area contributed by atoms with E-state index in [9.17, 15) is 4.79 Å². The van der Waals surface area contributed by atoms with Crippen LogP contribution in [0.1, 0.15) is 12.7 Å². The highest BCUT2D eigenvalue weighted by molar-refractivity contribution is 6.05. The number of hydrogen-bond acceptors (Lipinski definition) is 2. The Kier molecular flexibility index (Phi) is 3.19. The lowest BCUT2D eigenvalue weighted by molar-refractivity contribution is 0.834. The molecule has 0 aliphatic carbocycles. The van der Waals surface area contributed by atoms with Crippen LogP contribution in [0.2, 0.25) is 0 Å². The van der Waals surface area contributed by atoms with Crippen LogP contribution in [0.3, 0.4) is 0 Å². The minimum atomic E-state index is -0.00477. The maximum absolute atomic E-state index is 13.2. The molecule has 0 radical (unpaired) electrons. The summed E-state index contributed by atoms with van der Waals surface area (Å²) in [6, 6.07) is 21.6. The zero-order valence-corrected chi connectivity index (χ0v) is 12.9. The van der Waals surface area contributed by atoms with E-state index in [2.05, 4.69) is 0 Å². The van der Waals surface area contributed by atoms with Gasteiger partial charge in [-0.2, -0.15) is 0 Å². The maximum Gasteiger partial charge on any atom is 0.266 e. The van der Waals surface area contributed by atoms with Crippen molar-refractivity contribution in [1.82, 2.24) is 9.55 Å². The second kappa shape index (κ2) is 5.36. The van der Waals surface area contributed by atoms with Gasteiger partial charge in [0.1, 0.15) is 5.82 Å². The lowest BCUT2D eigenvalue weighted by Gasteiger charge is -2.13. The average Bonchev–Trinajstić information content (AvgIpc) is 2.61. The molecule has 112 valence electrons. The first kappa shape index (κ1) is 13.7. The van der Waals surface area contributed by atoms with Gasteiger partial charge in [0, 0.05) is 6.42 Å². The van der Waals surface area contributed by atoms with Crippen molar-refractivity contribution in [3.8, 4) is 5.69 Å². The molecule has 0 unspecified atom stereocenters. The van der Waals surface area contributed by atoms with Crippen molar-refractivity contribution in [3.05, 3.63) is 82.9 Å². The molecule has 0 aliphatic heterocycles. The lowest BCUT2D eigenvalue weighted by atomic mass is 10.1. The Morgan fingerprint density at radius 3 is 2.43 bits per heavy atom. The highest BCUT2D eigenvalue weighted by Gasteiger charge is 2.13. The molecule has 0 fully saturated rings. The highest BCUT2D eigenvalue weighted by Crippen LogP contribution is 2.22. The number of rotatable bonds is 2. The summed E-state index contributed by atoms with van der Waals surface area (Å²) in [5.74, 6) is 0.781. The number of nitrogens with zero attached hydrogens (tertiary/aromatic N) is 2. The number of aryl methyl sites for hydroxylation is 1. The summed E-state index contributed by atoms with van der Waals surface area (Å²) in [7, 11) is 0. The van der Waals surface area contributed by atoms with Crippen molar-refractivity contribution in [2.45, 2.75) is 13.3 Å². The van der Waals surface area contributed by atoms with E-state index in [1.54, 1.807) is 4.57 Å². The molecule has 0 amide bonds. The molecule has 0 N–H and O–H groups in total. The largest absolute Gasteiger partial charge is 0.268 e. The number of para-hydroxylation sites is 1. The van der Waals surface area contributed by atoms with Crippen LogP contribution >= 0.6 is 0 Å². The molecule has 0 aliphatic rings. The van der Waals surface area contributed by atoms with Crippen LogP contribution in [-0.4, -0.2) is 9.55 Å². The Morgan fingerprint density at radius 1 is 0.913 bits per heavy atom. The Labute approximate surface area is 133 Å². The Hall–Kier alpha value is -2.94. The van der Waals surface area contributed by atoms with E-state index in [4.69, 9.17) is 4.98 Å². The predicted octanol–water partition coefficient (Wildman–Crippen LogP) is 4.10. The fourth-order valence-electron chi connectivity index (χ4n) is 3.08. The zero-order chi connectivity index (χ0) is 15.8. The third kappa shape index (κ3) is 2.13. The van der Waals surface area contributed by atoms with Crippen molar-refractivity contribution in [2.75, 3.05) is 0 Å². The summed E-state index contributed by atoms with van der Waals surface area (Å²) in [6.07, 6.45) is 0.701. The smallest absolute Gasteiger partial charge is 0.266 e. The Bertz CT molecular complexity index is 1070. The van der Waals surface area contributed by atoms with Gasteiger partial charge in [-0.15, -0.1) is 0 Å². The van der Waals surface area contributed by atoms with Gasteiger partial charge in [0.2, 0.25) is 0 Å². The van der Waals surface area contributed by atoms with Gasteiger partial charge in [-0.05, 0) is 29.0 Å². The first-order valence-corrected chi connectivity index (χ1v) is 7.78. The number of hydrogen-bond donors (Lipinski definition) is 0. The molecule has 1 aromatic heterocycles. The molecule has 0 spiro atoms. The number of aromatic nitrogens is 2. The van der Waals surface area contributed by atoms with E-state index < -0.39 is 0 Å². The topological polar surface area (TPSA) is 34.9 Å². The summed E-state index contributed by atoms with van der Waals surface area (Å²) in [5, 5.41) is 2.70. The average molecular weight is 300 g/mol. The van der Waals surface area contributed by atoms with Crippen molar-refractivity contribution >= 4 is 21.7 Å². The molecule has 4 aromatic rings. The van der Waals surface area contributed by atoms with E-state index >= 15 is 0 Å². The van der Waals surface area contributed by atoms with Gasteiger partial charge in [0.05, 0.1) is 16.6 Å². The van der Waals surface area contributed by atoms with Crippen molar-refractivity contribution < 1.29 is 0 Å². The summed E-state index contributed by atoms with van der Waals surface area (Å²) < 4.78 is 1.73. The highest BCUT2D eigenvalue weighted by atomic mass is 16.1. The molecule has 23 heavy (non-hydrogen) atoms. The molecule has 4 rings (SSSR count). The zero-order valence-electron chi connectivity index (χ0n) is 12.9. The second-order valence-corrected chi connectivity index (χ2v) is 5.54. The van der Waals surface area contributed by atoms with Gasteiger partial charge in [-0.3, -0.25) is 9.36 Å². The summed E-state index contributed by atoms with van der Waals surface area (Å²) in [4.78, 5) is 18.0. The van der Waals surface area contributed by atoms with Crippen LogP contribution in [0, 0.1) is 0 Å². The molecule has 3 aromatic carbocycles. The van der Waals surface area contributed by atoms with Crippen LogP contribution in [0.4, 0.5) is 0 Å². The van der Waals surface area contributed by atoms with E-state index in [0.717, 1.165) is 27.8 Å². The normalized spacial score (nSPS) is 11.2. The quantitative estimate of drug-likeness (QED) is 0.522. The predicted molar refractivity (Wildman–Crippen MR) is 94.2 cm³/mol. The van der Waals surface area contributed by atoms with Gasteiger partial charge in [0.15, 0.2) is 0 Å². The van der Waals surface area contributed by atoms with Crippen molar-refractivity contribution in [3.63, 3.8) is 0 Å². The molecule has 1 heterocycles. The SMILES string of the molecule is CCc1nc2ccc3ccccc3c2c(=O)n1-c1ccccc1. The van der Waals surface area contributed by atoms with Gasteiger partial charge in [-0.1, -0.05) is 55.5 Å². The molecular weight excluding hydrogens is 284 g/mol. The van der Waals surface area contributed by atoms with E-state index in [-0.39, 0.29) is 5.56 Å². The monoisotopic (exact) mass is 300 g/mol. The lowest BCUT2D eigenvalue weighted by Crippen LogP contribution is -2.23. The molecule has 0 saturated carbocycles. The van der Waals surface area contributed by atoms with Crippen LogP contribution in [0.5, 0.6) is 0 Å². The van der Waals surface area contributed by atoms with Gasteiger partial charge in [0.25, 0.3) is 5.56 Å². The van der Waals surface area contributed by atoms with Crippen LogP contribution < -0.4 is 5.56 Å². The van der Waals surface area contributed by atoms with Gasteiger partial charge < -0.3 is 0 Å². The van der Waals surface area contributed by atoms with Crippen molar-refractivity contribution in [2.24, 2.45) is 0 Å². The summed E-state index contributed by atoms with van der Waals surface area (Å²) in [6.45, 7) is 2.02. The molecule has 0 atom stereocenters. The van der Waals surface area contributed by atoms with Gasteiger partial charge >= 0.3 is 0 Å². The van der Waals surface area contributed by atoms with Crippen LogP contribution in [0.25, 0.3) is 27.4 Å². The minimum absolute atomic E-state index is 0.00477. The summed E-state index contributed by atoms with van der Waals surface area (Å²) >= 11 is 0. The molecular formula is C20H16N2O. The second-order valence-electron chi connectivity index (χ2n) is 5.54. The molecule has 3 heteroatoms. The van der Waals surface area contributed by atoms with Crippen molar-refractivity contribution in [1.29, 1.82) is 0 Å². The van der Waals surface area contributed by atoms with E-state index in [1.807, 2.05) is 73.7 Å². The molecule has 0 bridgehead atoms.